The molecule has 1 aliphatic heterocycles. The van der Waals surface area contributed by atoms with E-state index in [2.05, 4.69) is 16.5 Å². The second kappa shape index (κ2) is 6.54. The Morgan fingerprint density at radius 1 is 1.52 bits per heavy atom. The number of amides is 2. The number of hydrogen-bond donors (Lipinski definition) is 1. The fourth-order valence-corrected chi connectivity index (χ4v) is 3.49. The largest absolute Gasteiger partial charge is 0.354 e. The predicted molar refractivity (Wildman–Crippen MR) is 89.6 cm³/mol. The number of anilines is 1. The molecule has 6 nitrogen and oxygen atoms in total. The average Bonchev–Trinajstić information content (AvgIpc) is 3.15. The van der Waals surface area contributed by atoms with Crippen molar-refractivity contribution in [2.75, 3.05) is 11.4 Å². The van der Waals surface area contributed by atoms with Gasteiger partial charge in [0, 0.05) is 23.9 Å². The number of aromatic nitrogens is 2. The lowest BCUT2D eigenvalue weighted by Gasteiger charge is -2.31. The summed E-state index contributed by atoms with van der Waals surface area (Å²) in [7, 11) is 0. The van der Waals surface area contributed by atoms with Gasteiger partial charge in [-0.2, -0.15) is 5.10 Å². The molecule has 0 saturated carbocycles. The quantitative estimate of drug-likeness (QED) is 0.907. The van der Waals surface area contributed by atoms with E-state index in [0.717, 1.165) is 12.1 Å². The van der Waals surface area contributed by atoms with Gasteiger partial charge in [0.05, 0.1) is 12.2 Å². The molecular formula is C16H20N4O2S. The Bertz CT molecular complexity index is 708. The molecule has 122 valence electrons. The zero-order valence-electron chi connectivity index (χ0n) is 13.3. The van der Waals surface area contributed by atoms with Crippen LogP contribution in [0.4, 0.5) is 5.82 Å². The maximum absolute atomic E-state index is 12.4. The van der Waals surface area contributed by atoms with Crippen LogP contribution in [0.1, 0.15) is 23.9 Å². The third kappa shape index (κ3) is 3.29. The monoisotopic (exact) mass is 332 g/mol. The van der Waals surface area contributed by atoms with E-state index < -0.39 is 6.04 Å². The molecule has 0 saturated heterocycles. The van der Waals surface area contributed by atoms with E-state index in [1.165, 1.54) is 4.88 Å². The molecule has 2 aromatic heterocycles. The maximum atomic E-state index is 12.4. The highest BCUT2D eigenvalue weighted by Gasteiger charge is 2.32. The summed E-state index contributed by atoms with van der Waals surface area (Å²) in [6.07, 6.45) is 1.18. The molecule has 1 atom stereocenters. The summed E-state index contributed by atoms with van der Waals surface area (Å²) in [4.78, 5) is 27.5. The average molecular weight is 332 g/mol. The van der Waals surface area contributed by atoms with Crippen LogP contribution >= 0.6 is 11.3 Å². The standard InChI is InChI=1S/C16H20N4O2S/c1-11-10-14-19(18-11)8-6-15(21)20(14)12(2)16(22)17-7-5-13-4-3-9-23-13/h3-4,9-10,12H,5-8H2,1-2H3,(H,17,22)/t12-/m1/s1. The SMILES string of the molecule is Cc1cc2n(n1)CCC(=O)N2[C@H](C)C(=O)NCCc1cccs1. The van der Waals surface area contributed by atoms with E-state index in [9.17, 15) is 9.59 Å². The van der Waals surface area contributed by atoms with Crippen molar-refractivity contribution in [3.63, 3.8) is 0 Å². The van der Waals surface area contributed by atoms with Gasteiger partial charge in [-0.05, 0) is 31.7 Å². The molecule has 2 aromatic rings. The summed E-state index contributed by atoms with van der Waals surface area (Å²) in [5, 5.41) is 9.31. The number of carbonyl (C=O) groups excluding carboxylic acids is 2. The summed E-state index contributed by atoms with van der Waals surface area (Å²) in [5.74, 6) is 0.542. The van der Waals surface area contributed by atoms with Crippen molar-refractivity contribution in [3.8, 4) is 0 Å². The smallest absolute Gasteiger partial charge is 0.242 e. The first kappa shape index (κ1) is 15.7. The van der Waals surface area contributed by atoms with Crippen LogP contribution < -0.4 is 10.2 Å². The number of aryl methyl sites for hydroxylation is 2. The number of nitrogens with one attached hydrogen (secondary N) is 1. The van der Waals surface area contributed by atoms with Crippen molar-refractivity contribution in [1.29, 1.82) is 0 Å². The van der Waals surface area contributed by atoms with E-state index in [-0.39, 0.29) is 11.8 Å². The van der Waals surface area contributed by atoms with E-state index in [0.29, 0.717) is 25.3 Å². The first-order valence-corrected chi connectivity index (χ1v) is 8.61. The Hall–Kier alpha value is -2.15. The van der Waals surface area contributed by atoms with E-state index in [1.54, 1.807) is 27.8 Å². The highest BCUT2D eigenvalue weighted by Crippen LogP contribution is 2.24. The number of hydrogen-bond acceptors (Lipinski definition) is 4. The first-order chi connectivity index (χ1) is 11.1. The normalized spacial score (nSPS) is 15.4. The van der Waals surface area contributed by atoms with Gasteiger partial charge >= 0.3 is 0 Å². The van der Waals surface area contributed by atoms with Crippen LogP contribution in [0.2, 0.25) is 0 Å². The van der Waals surface area contributed by atoms with Crippen LogP contribution in [-0.4, -0.2) is 34.2 Å². The van der Waals surface area contributed by atoms with Gasteiger partial charge in [0.15, 0.2) is 0 Å². The predicted octanol–water partition coefficient (Wildman–Crippen LogP) is 1.74. The van der Waals surface area contributed by atoms with E-state index in [1.807, 2.05) is 24.4 Å². The molecule has 0 unspecified atom stereocenters. The van der Waals surface area contributed by atoms with Gasteiger partial charge in [-0.15, -0.1) is 11.3 Å². The van der Waals surface area contributed by atoms with Gasteiger partial charge in [-0.25, -0.2) is 4.68 Å². The summed E-state index contributed by atoms with van der Waals surface area (Å²) in [6, 6.07) is 5.36. The van der Waals surface area contributed by atoms with Crippen molar-refractivity contribution in [1.82, 2.24) is 15.1 Å². The summed E-state index contributed by atoms with van der Waals surface area (Å²) in [6.45, 7) is 4.80. The van der Waals surface area contributed by atoms with Crippen LogP contribution in [-0.2, 0) is 22.6 Å². The Balaban J connectivity index is 1.65. The number of rotatable bonds is 5. The van der Waals surface area contributed by atoms with Crippen LogP contribution in [0.5, 0.6) is 0 Å². The Morgan fingerprint density at radius 2 is 2.35 bits per heavy atom. The van der Waals surface area contributed by atoms with Crippen LogP contribution in [0.3, 0.4) is 0 Å². The van der Waals surface area contributed by atoms with Crippen molar-refractivity contribution >= 4 is 29.0 Å². The number of carbonyl (C=O) groups is 2. The van der Waals surface area contributed by atoms with Crippen molar-refractivity contribution in [2.24, 2.45) is 0 Å². The lowest BCUT2D eigenvalue weighted by Crippen LogP contribution is -2.51. The van der Waals surface area contributed by atoms with Crippen LogP contribution in [0.15, 0.2) is 23.6 Å². The molecule has 0 radical (unpaired) electrons. The van der Waals surface area contributed by atoms with Gasteiger partial charge in [0.25, 0.3) is 0 Å². The maximum Gasteiger partial charge on any atom is 0.242 e. The molecule has 2 amide bonds. The van der Waals surface area contributed by atoms with Gasteiger partial charge in [-0.1, -0.05) is 6.07 Å². The minimum atomic E-state index is -0.541. The molecule has 0 aromatic carbocycles. The van der Waals surface area contributed by atoms with E-state index >= 15 is 0 Å². The number of fused-ring (bicyclic) bond motifs is 1. The van der Waals surface area contributed by atoms with Crippen molar-refractivity contribution < 1.29 is 9.59 Å². The first-order valence-electron chi connectivity index (χ1n) is 7.73. The Kier molecular flexibility index (Phi) is 4.47. The molecular weight excluding hydrogens is 312 g/mol. The van der Waals surface area contributed by atoms with Gasteiger partial charge in [0.1, 0.15) is 11.9 Å². The topological polar surface area (TPSA) is 67.2 Å². The Labute approximate surface area is 139 Å². The van der Waals surface area contributed by atoms with Crippen molar-refractivity contribution in [3.05, 3.63) is 34.2 Å². The minimum absolute atomic E-state index is 0.0293. The molecule has 0 aliphatic carbocycles. The molecule has 3 rings (SSSR count). The second-order valence-electron chi connectivity index (χ2n) is 5.68. The van der Waals surface area contributed by atoms with Crippen LogP contribution in [0.25, 0.3) is 0 Å². The molecule has 7 heteroatoms. The highest BCUT2D eigenvalue weighted by molar-refractivity contribution is 7.09. The third-order valence-corrected chi connectivity index (χ3v) is 4.89. The third-order valence-electron chi connectivity index (χ3n) is 3.95. The summed E-state index contributed by atoms with van der Waals surface area (Å²) < 4.78 is 1.80. The number of nitrogens with zero attached hydrogens (tertiary/aromatic N) is 3. The molecule has 0 spiro atoms. The molecule has 0 bridgehead atoms. The van der Waals surface area contributed by atoms with Crippen LogP contribution in [0, 0.1) is 6.92 Å². The molecule has 1 aliphatic rings. The zero-order chi connectivity index (χ0) is 16.4. The fraction of sp³-hybridized carbons (Fsp3) is 0.438. The highest BCUT2D eigenvalue weighted by atomic mass is 32.1. The lowest BCUT2D eigenvalue weighted by atomic mass is 10.2. The summed E-state index contributed by atoms with van der Waals surface area (Å²) in [5.41, 5.74) is 0.852. The fourth-order valence-electron chi connectivity index (χ4n) is 2.78. The lowest BCUT2D eigenvalue weighted by molar-refractivity contribution is -0.126. The molecule has 3 heterocycles. The molecule has 23 heavy (non-hydrogen) atoms. The van der Waals surface area contributed by atoms with E-state index in [4.69, 9.17) is 0 Å². The molecule has 1 N–H and O–H groups in total. The number of thiophene rings is 1. The van der Waals surface area contributed by atoms with Gasteiger partial charge in [0.2, 0.25) is 11.8 Å². The van der Waals surface area contributed by atoms with Gasteiger partial charge in [-0.3, -0.25) is 14.5 Å². The van der Waals surface area contributed by atoms with Crippen molar-refractivity contribution in [2.45, 2.75) is 39.3 Å². The summed E-state index contributed by atoms with van der Waals surface area (Å²) >= 11 is 1.68. The molecule has 0 fully saturated rings. The van der Waals surface area contributed by atoms with Gasteiger partial charge < -0.3 is 5.32 Å². The zero-order valence-corrected chi connectivity index (χ0v) is 14.1. The Morgan fingerprint density at radius 3 is 3.09 bits per heavy atom. The second-order valence-corrected chi connectivity index (χ2v) is 6.71. The minimum Gasteiger partial charge on any atom is -0.354 e.